The van der Waals surface area contributed by atoms with Crippen LogP contribution in [0, 0.1) is 30.1 Å². The first kappa shape index (κ1) is 24.8. The van der Waals surface area contributed by atoms with Crippen LogP contribution in [-0.2, 0) is 20.7 Å². The van der Waals surface area contributed by atoms with Gasteiger partial charge in [-0.05, 0) is 111 Å². The highest BCUT2D eigenvalue weighted by molar-refractivity contribution is 7.10. The largest absolute Gasteiger partial charge is 0.376 e. The van der Waals surface area contributed by atoms with Gasteiger partial charge in [-0.25, -0.2) is 0 Å². The van der Waals surface area contributed by atoms with Crippen molar-refractivity contribution < 1.29 is 14.3 Å². The molecule has 5 fully saturated rings. The van der Waals surface area contributed by atoms with Crippen LogP contribution in [0.2, 0.25) is 0 Å². The Kier molecular flexibility index (Phi) is 6.39. The quantitative estimate of drug-likeness (QED) is 0.476. The lowest BCUT2D eigenvalue weighted by Crippen LogP contribution is -2.57. The number of benzene rings is 1. The molecule has 4 bridgehead atoms. The molecule has 2 aromatic rings. The molecular formula is C32H40N2O3S. The molecule has 0 spiro atoms. The van der Waals surface area contributed by atoms with Crippen LogP contribution < -0.4 is 0 Å². The van der Waals surface area contributed by atoms with E-state index in [1.807, 2.05) is 4.90 Å². The van der Waals surface area contributed by atoms with Gasteiger partial charge < -0.3 is 14.5 Å². The molecule has 2 atom stereocenters. The van der Waals surface area contributed by atoms with Gasteiger partial charge in [0.15, 0.2) is 0 Å². The molecule has 4 saturated carbocycles. The number of hydrogen-bond acceptors (Lipinski definition) is 4. The van der Waals surface area contributed by atoms with E-state index in [0.29, 0.717) is 30.8 Å². The van der Waals surface area contributed by atoms with E-state index in [4.69, 9.17) is 4.74 Å². The molecule has 6 aliphatic rings. The van der Waals surface area contributed by atoms with E-state index in [0.717, 1.165) is 45.1 Å². The predicted molar refractivity (Wildman–Crippen MR) is 149 cm³/mol. The molecule has 1 aromatic heterocycles. The molecule has 2 amide bonds. The number of nitrogens with zero attached hydrogens (tertiary/aromatic N) is 2. The second-order valence-electron chi connectivity index (χ2n) is 12.9. The Hall–Kier alpha value is -2.18. The second-order valence-corrected chi connectivity index (χ2v) is 13.9. The third-order valence-electron chi connectivity index (χ3n) is 10.3. The molecule has 2 aliphatic heterocycles. The van der Waals surface area contributed by atoms with E-state index in [-0.39, 0.29) is 35.9 Å². The number of amides is 2. The van der Waals surface area contributed by atoms with Crippen molar-refractivity contribution in [3.63, 3.8) is 0 Å². The molecule has 8 rings (SSSR count). The van der Waals surface area contributed by atoms with Gasteiger partial charge in [-0.1, -0.05) is 24.3 Å². The summed E-state index contributed by atoms with van der Waals surface area (Å²) in [5.74, 6) is 2.44. The summed E-state index contributed by atoms with van der Waals surface area (Å²) in [7, 11) is 0. The molecule has 1 saturated heterocycles. The molecule has 38 heavy (non-hydrogen) atoms. The third-order valence-corrected chi connectivity index (χ3v) is 11.3. The maximum absolute atomic E-state index is 14.5. The lowest BCUT2D eigenvalue weighted by molar-refractivity contribution is -0.162. The van der Waals surface area contributed by atoms with E-state index in [9.17, 15) is 9.59 Å². The van der Waals surface area contributed by atoms with Gasteiger partial charge in [-0.15, -0.1) is 11.3 Å². The maximum Gasteiger partial charge on any atom is 0.242 e. The van der Waals surface area contributed by atoms with Crippen molar-refractivity contribution >= 4 is 23.2 Å². The summed E-state index contributed by atoms with van der Waals surface area (Å²) in [6.07, 6.45) is 9.98. The standard InChI is InChI=1S/C32H40N2O3S/c1-21-5-2-3-7-26(21)30-27-9-12-38-28(27)8-10-34(30)29(35)20-33(19-25-6-4-11-37-25)31(36)32-16-22-13-23(17-32)15-24(14-22)18-32/h2-3,5,7,9,12,22-25,30H,4,6,8,10-11,13-20H2,1H3. The average molecular weight is 533 g/mol. The minimum atomic E-state index is -0.245. The second kappa shape index (κ2) is 9.78. The van der Waals surface area contributed by atoms with Crippen LogP contribution in [0.25, 0.3) is 0 Å². The highest BCUT2D eigenvalue weighted by Gasteiger charge is 2.56. The molecule has 5 nitrogen and oxygen atoms in total. The first-order chi connectivity index (χ1) is 18.5. The van der Waals surface area contributed by atoms with Gasteiger partial charge in [-0.3, -0.25) is 9.59 Å². The SMILES string of the molecule is Cc1ccccc1C1c2ccsc2CCN1C(=O)CN(CC1CCCO1)C(=O)C12CC3CC(CC(C3)C1)C2. The predicted octanol–water partition coefficient (Wildman–Crippen LogP) is 5.75. The highest BCUT2D eigenvalue weighted by Crippen LogP contribution is 2.60. The van der Waals surface area contributed by atoms with Crippen LogP contribution in [0.3, 0.4) is 0 Å². The number of hydrogen-bond donors (Lipinski definition) is 0. The van der Waals surface area contributed by atoms with Crippen molar-refractivity contribution in [1.82, 2.24) is 9.80 Å². The summed E-state index contributed by atoms with van der Waals surface area (Å²) in [5, 5.41) is 2.16. The van der Waals surface area contributed by atoms with Crippen LogP contribution in [0.15, 0.2) is 35.7 Å². The Morgan fingerprint density at radius 3 is 2.47 bits per heavy atom. The van der Waals surface area contributed by atoms with Crippen LogP contribution in [-0.4, -0.2) is 54.0 Å². The van der Waals surface area contributed by atoms with E-state index in [1.165, 1.54) is 40.8 Å². The smallest absolute Gasteiger partial charge is 0.242 e. The maximum atomic E-state index is 14.5. The van der Waals surface area contributed by atoms with Gasteiger partial charge in [0.2, 0.25) is 11.8 Å². The topological polar surface area (TPSA) is 49.9 Å². The number of fused-ring (bicyclic) bond motifs is 1. The van der Waals surface area contributed by atoms with E-state index in [2.05, 4.69) is 47.5 Å². The molecule has 1 aromatic carbocycles. The Bertz CT molecular complexity index is 1180. The molecule has 3 heterocycles. The zero-order valence-corrected chi connectivity index (χ0v) is 23.4. The summed E-state index contributed by atoms with van der Waals surface area (Å²) in [4.78, 5) is 34.1. The Morgan fingerprint density at radius 2 is 1.79 bits per heavy atom. The third kappa shape index (κ3) is 4.32. The molecule has 6 heteroatoms. The number of carbonyl (C=O) groups excluding carboxylic acids is 2. The van der Waals surface area contributed by atoms with Crippen LogP contribution in [0.1, 0.15) is 79.0 Å². The lowest BCUT2D eigenvalue weighted by Gasteiger charge is -2.56. The van der Waals surface area contributed by atoms with Crippen LogP contribution in [0.5, 0.6) is 0 Å². The first-order valence-electron chi connectivity index (χ1n) is 14.8. The van der Waals surface area contributed by atoms with Gasteiger partial charge in [0.05, 0.1) is 24.1 Å². The van der Waals surface area contributed by atoms with E-state index in [1.54, 1.807) is 11.3 Å². The minimum absolute atomic E-state index is 0.0534. The van der Waals surface area contributed by atoms with Gasteiger partial charge in [0, 0.05) is 24.6 Å². The Labute approximate surface area is 230 Å². The fraction of sp³-hybridized carbons (Fsp3) is 0.625. The van der Waals surface area contributed by atoms with Gasteiger partial charge in [-0.2, -0.15) is 0 Å². The van der Waals surface area contributed by atoms with Crippen LogP contribution >= 0.6 is 11.3 Å². The molecule has 4 aliphatic carbocycles. The van der Waals surface area contributed by atoms with Crippen molar-refractivity contribution in [2.24, 2.45) is 23.2 Å². The van der Waals surface area contributed by atoms with E-state index >= 15 is 0 Å². The van der Waals surface area contributed by atoms with E-state index < -0.39 is 0 Å². The number of carbonyl (C=O) groups is 2. The highest BCUT2D eigenvalue weighted by atomic mass is 32.1. The molecular weight excluding hydrogens is 492 g/mol. The van der Waals surface area contributed by atoms with Gasteiger partial charge >= 0.3 is 0 Å². The number of aryl methyl sites for hydroxylation is 1. The molecule has 0 radical (unpaired) electrons. The molecule has 202 valence electrons. The first-order valence-corrected chi connectivity index (χ1v) is 15.7. The molecule has 2 unspecified atom stereocenters. The van der Waals surface area contributed by atoms with Crippen LogP contribution in [0.4, 0.5) is 0 Å². The van der Waals surface area contributed by atoms with Crippen molar-refractivity contribution in [1.29, 1.82) is 0 Å². The lowest BCUT2D eigenvalue weighted by atomic mass is 9.49. The summed E-state index contributed by atoms with van der Waals surface area (Å²) in [5.41, 5.74) is 3.40. The minimum Gasteiger partial charge on any atom is -0.376 e. The number of thiophene rings is 1. The van der Waals surface area contributed by atoms with Gasteiger partial charge in [0.1, 0.15) is 0 Å². The Morgan fingerprint density at radius 1 is 1.05 bits per heavy atom. The average Bonchev–Trinajstić information content (AvgIpc) is 3.59. The summed E-state index contributed by atoms with van der Waals surface area (Å²) >= 11 is 1.80. The van der Waals surface area contributed by atoms with Crippen molar-refractivity contribution in [3.8, 4) is 0 Å². The normalized spacial score (nSPS) is 33.4. The van der Waals surface area contributed by atoms with Crippen molar-refractivity contribution in [2.45, 2.75) is 76.9 Å². The molecule has 0 N–H and O–H groups in total. The number of ether oxygens (including phenoxy) is 1. The summed E-state index contributed by atoms with van der Waals surface area (Å²) in [6.45, 7) is 4.32. The summed E-state index contributed by atoms with van der Waals surface area (Å²) in [6, 6.07) is 10.6. The number of rotatable bonds is 6. The van der Waals surface area contributed by atoms with Crippen molar-refractivity contribution in [2.75, 3.05) is 26.2 Å². The fourth-order valence-electron chi connectivity index (χ4n) is 9.03. The zero-order chi connectivity index (χ0) is 25.9. The fourth-order valence-corrected chi connectivity index (χ4v) is 9.93. The summed E-state index contributed by atoms with van der Waals surface area (Å²) < 4.78 is 6.00. The zero-order valence-electron chi connectivity index (χ0n) is 22.6. The van der Waals surface area contributed by atoms with Crippen molar-refractivity contribution in [3.05, 3.63) is 57.3 Å². The van der Waals surface area contributed by atoms with Gasteiger partial charge in [0.25, 0.3) is 0 Å². The Balaban J connectivity index is 1.18. The monoisotopic (exact) mass is 532 g/mol.